The zero-order valence-corrected chi connectivity index (χ0v) is 12.1. The summed E-state index contributed by atoms with van der Waals surface area (Å²) in [5, 5.41) is 5.83. The number of benzene rings is 1. The number of nitrogens with one attached hydrogen (secondary N) is 1. The van der Waals surface area contributed by atoms with Crippen molar-refractivity contribution in [2.24, 2.45) is 0 Å². The molecule has 2 aromatic rings. The van der Waals surface area contributed by atoms with Crippen molar-refractivity contribution in [2.45, 2.75) is 5.92 Å². The van der Waals surface area contributed by atoms with Crippen LogP contribution in [0.15, 0.2) is 34.2 Å². The highest BCUT2D eigenvalue weighted by Gasteiger charge is 2.43. The lowest BCUT2D eigenvalue weighted by atomic mass is 10.1. The fourth-order valence-corrected chi connectivity index (χ4v) is 3.05. The molecular weight excluding hydrogens is 336 g/mol. The number of aromatic nitrogens is 1. The van der Waals surface area contributed by atoms with Gasteiger partial charge in [-0.1, -0.05) is 0 Å². The molecule has 7 heteroatoms. The second-order valence-electron chi connectivity index (χ2n) is 4.36. The molecule has 0 saturated carbocycles. The Kier molecular flexibility index (Phi) is 3.18. The highest BCUT2D eigenvalue weighted by Crippen LogP contribution is 2.32. The second-order valence-corrected chi connectivity index (χ2v) is 6.03. The average molecular weight is 346 g/mol. The van der Waals surface area contributed by atoms with E-state index in [1.54, 1.807) is 4.90 Å². The van der Waals surface area contributed by atoms with Crippen molar-refractivity contribution in [1.29, 1.82) is 0 Å². The van der Waals surface area contributed by atoms with E-state index in [9.17, 15) is 8.78 Å². The Morgan fingerprint density at radius 2 is 1.95 bits per heavy atom. The van der Waals surface area contributed by atoms with E-state index in [-0.39, 0.29) is 13.1 Å². The summed E-state index contributed by atoms with van der Waals surface area (Å²) in [5.41, 5.74) is 1.70. The minimum atomic E-state index is -2.54. The van der Waals surface area contributed by atoms with Gasteiger partial charge in [-0.05, 0) is 40.2 Å². The average Bonchev–Trinajstić information content (AvgIpc) is 2.73. The lowest BCUT2D eigenvalue weighted by Gasteiger charge is -2.40. The SMILES string of the molecule is FC1(F)CN(c2ccc(Nc3nc(Br)cs3)cc2)C1. The van der Waals surface area contributed by atoms with E-state index in [0.29, 0.717) is 0 Å². The Bertz CT molecular complexity index is 577. The fraction of sp³-hybridized carbons (Fsp3) is 0.250. The molecule has 0 amide bonds. The zero-order chi connectivity index (χ0) is 13.5. The van der Waals surface area contributed by atoms with Gasteiger partial charge >= 0.3 is 0 Å². The maximum absolute atomic E-state index is 12.8. The van der Waals surface area contributed by atoms with Crippen LogP contribution in [0.5, 0.6) is 0 Å². The van der Waals surface area contributed by atoms with Gasteiger partial charge in [0.15, 0.2) is 5.13 Å². The molecular formula is C12H10BrF2N3S. The molecule has 100 valence electrons. The van der Waals surface area contributed by atoms with E-state index in [2.05, 4.69) is 26.2 Å². The normalized spacial score (nSPS) is 17.1. The van der Waals surface area contributed by atoms with Crippen molar-refractivity contribution in [2.75, 3.05) is 23.3 Å². The number of hydrogen-bond donors (Lipinski definition) is 1. The largest absolute Gasteiger partial charge is 0.359 e. The van der Waals surface area contributed by atoms with Crippen molar-refractivity contribution >= 4 is 43.8 Å². The third-order valence-corrected chi connectivity index (χ3v) is 4.27. The Labute approximate surface area is 121 Å². The number of hydrogen-bond acceptors (Lipinski definition) is 4. The summed E-state index contributed by atoms with van der Waals surface area (Å²) in [6.07, 6.45) is 0. The molecule has 3 rings (SSSR count). The molecule has 0 bridgehead atoms. The van der Waals surface area contributed by atoms with Crippen LogP contribution in [0.25, 0.3) is 0 Å². The zero-order valence-electron chi connectivity index (χ0n) is 9.74. The molecule has 1 aromatic carbocycles. The first-order valence-electron chi connectivity index (χ1n) is 5.63. The topological polar surface area (TPSA) is 28.2 Å². The standard InChI is InChI=1S/C12H10BrF2N3S/c13-10-5-19-11(17-10)16-8-1-3-9(4-2-8)18-6-12(14,15)7-18/h1-5H,6-7H2,(H,16,17). The van der Waals surface area contributed by atoms with Crippen molar-refractivity contribution < 1.29 is 8.78 Å². The number of rotatable bonds is 3. The minimum Gasteiger partial charge on any atom is -0.359 e. The highest BCUT2D eigenvalue weighted by atomic mass is 79.9. The van der Waals surface area contributed by atoms with Crippen LogP contribution in [-0.2, 0) is 0 Å². The van der Waals surface area contributed by atoms with Crippen LogP contribution in [0.2, 0.25) is 0 Å². The molecule has 1 aliphatic heterocycles. The highest BCUT2D eigenvalue weighted by molar-refractivity contribution is 9.10. The van der Waals surface area contributed by atoms with Gasteiger partial charge in [0.2, 0.25) is 0 Å². The summed E-state index contributed by atoms with van der Waals surface area (Å²) in [5.74, 6) is -2.54. The molecule has 3 nitrogen and oxygen atoms in total. The van der Waals surface area contributed by atoms with Crippen LogP contribution in [0.3, 0.4) is 0 Å². The van der Waals surface area contributed by atoms with Crippen molar-refractivity contribution in [3.63, 3.8) is 0 Å². The molecule has 2 heterocycles. The molecule has 1 N–H and O–H groups in total. The van der Waals surface area contributed by atoms with E-state index < -0.39 is 5.92 Å². The van der Waals surface area contributed by atoms with Gasteiger partial charge in [-0.2, -0.15) is 0 Å². The second kappa shape index (κ2) is 4.72. The molecule has 0 spiro atoms. The van der Waals surface area contributed by atoms with E-state index in [0.717, 1.165) is 21.1 Å². The third kappa shape index (κ3) is 2.87. The minimum absolute atomic E-state index is 0.195. The lowest BCUT2D eigenvalue weighted by molar-refractivity contribution is -0.0262. The van der Waals surface area contributed by atoms with Gasteiger partial charge in [0, 0.05) is 16.8 Å². The number of halogens is 3. The molecule has 0 unspecified atom stereocenters. The molecule has 0 aliphatic carbocycles. The van der Waals surface area contributed by atoms with Crippen LogP contribution in [0, 0.1) is 0 Å². The van der Waals surface area contributed by atoms with Crippen LogP contribution in [0.4, 0.5) is 25.3 Å². The maximum atomic E-state index is 12.8. The van der Waals surface area contributed by atoms with Crippen LogP contribution < -0.4 is 10.2 Å². The van der Waals surface area contributed by atoms with E-state index in [1.165, 1.54) is 11.3 Å². The quantitative estimate of drug-likeness (QED) is 0.907. The summed E-state index contributed by atoms with van der Waals surface area (Å²) in [4.78, 5) is 5.88. The van der Waals surface area contributed by atoms with Crippen molar-refractivity contribution in [3.8, 4) is 0 Å². The smallest absolute Gasteiger partial charge is 0.282 e. The first kappa shape index (κ1) is 12.8. The number of anilines is 3. The van der Waals surface area contributed by atoms with Crippen molar-refractivity contribution in [3.05, 3.63) is 34.2 Å². The number of nitrogens with zero attached hydrogens (tertiary/aromatic N) is 2. The van der Waals surface area contributed by atoms with Gasteiger partial charge in [0.1, 0.15) is 4.60 Å². The van der Waals surface area contributed by atoms with Gasteiger partial charge in [0.25, 0.3) is 5.92 Å². The van der Waals surface area contributed by atoms with E-state index in [4.69, 9.17) is 0 Å². The predicted molar refractivity (Wildman–Crippen MR) is 76.7 cm³/mol. The Morgan fingerprint density at radius 3 is 2.47 bits per heavy atom. The maximum Gasteiger partial charge on any atom is 0.282 e. The van der Waals surface area contributed by atoms with E-state index >= 15 is 0 Å². The Hall–Kier alpha value is -1.21. The van der Waals surface area contributed by atoms with Gasteiger partial charge in [-0.25, -0.2) is 13.8 Å². The van der Waals surface area contributed by atoms with E-state index in [1.807, 2.05) is 29.6 Å². The molecule has 1 saturated heterocycles. The van der Waals surface area contributed by atoms with Gasteiger partial charge < -0.3 is 10.2 Å². The molecule has 0 radical (unpaired) electrons. The third-order valence-electron chi connectivity index (χ3n) is 2.80. The molecule has 1 aliphatic rings. The number of alkyl halides is 2. The number of thiazole rings is 1. The molecule has 0 atom stereocenters. The first-order valence-corrected chi connectivity index (χ1v) is 7.30. The Morgan fingerprint density at radius 1 is 1.26 bits per heavy atom. The monoisotopic (exact) mass is 345 g/mol. The summed E-state index contributed by atoms with van der Waals surface area (Å²) in [6.45, 7) is -0.390. The van der Waals surface area contributed by atoms with Crippen LogP contribution in [0.1, 0.15) is 0 Å². The summed E-state index contributed by atoms with van der Waals surface area (Å²) in [6, 6.07) is 7.39. The lowest BCUT2D eigenvalue weighted by Crippen LogP contribution is -2.56. The summed E-state index contributed by atoms with van der Waals surface area (Å²) >= 11 is 4.78. The Balaban J connectivity index is 1.66. The van der Waals surface area contributed by atoms with Gasteiger partial charge in [-0.3, -0.25) is 0 Å². The predicted octanol–water partition coefficient (Wildman–Crippen LogP) is 4.10. The van der Waals surface area contributed by atoms with Gasteiger partial charge in [0.05, 0.1) is 13.1 Å². The van der Waals surface area contributed by atoms with Gasteiger partial charge in [-0.15, -0.1) is 11.3 Å². The molecule has 1 fully saturated rings. The first-order chi connectivity index (χ1) is 9.02. The van der Waals surface area contributed by atoms with Crippen LogP contribution >= 0.6 is 27.3 Å². The fourth-order valence-electron chi connectivity index (χ4n) is 1.89. The molecule has 19 heavy (non-hydrogen) atoms. The summed E-state index contributed by atoms with van der Waals surface area (Å²) < 4.78 is 26.3. The molecule has 1 aromatic heterocycles. The summed E-state index contributed by atoms with van der Waals surface area (Å²) in [7, 11) is 0. The van der Waals surface area contributed by atoms with Crippen LogP contribution in [-0.4, -0.2) is 24.0 Å². The van der Waals surface area contributed by atoms with Crippen molar-refractivity contribution in [1.82, 2.24) is 4.98 Å².